The van der Waals surface area contributed by atoms with Crippen LogP contribution in [0.1, 0.15) is 56.3 Å². The van der Waals surface area contributed by atoms with E-state index in [1.54, 1.807) is 24.3 Å². The van der Waals surface area contributed by atoms with Gasteiger partial charge in [-0.05, 0) is 49.3 Å². The summed E-state index contributed by atoms with van der Waals surface area (Å²) < 4.78 is 5.55. The minimum Gasteiger partial charge on any atom is -0.450 e. The van der Waals surface area contributed by atoms with Crippen molar-refractivity contribution in [2.24, 2.45) is 5.41 Å². The number of rotatable bonds is 2. The molecule has 1 aromatic carbocycles. The average molecular weight is 298 g/mol. The first-order valence-corrected chi connectivity index (χ1v) is 8.02. The molecule has 0 saturated heterocycles. The zero-order chi connectivity index (χ0) is 15.7. The Kier molecular flexibility index (Phi) is 3.90. The maximum atomic E-state index is 12.6. The Hall–Kier alpha value is -1.90. The predicted octanol–water partition coefficient (Wildman–Crippen LogP) is 4.08. The Morgan fingerprint density at radius 2 is 1.95 bits per heavy atom. The van der Waals surface area contributed by atoms with E-state index < -0.39 is 12.1 Å². The topological polar surface area (TPSA) is 43.4 Å². The summed E-state index contributed by atoms with van der Waals surface area (Å²) in [4.78, 5) is 24.8. The summed E-state index contributed by atoms with van der Waals surface area (Å²) in [6.07, 6.45) is 4.40. The van der Waals surface area contributed by atoms with Gasteiger partial charge in [-0.25, -0.2) is 4.79 Å². The predicted molar refractivity (Wildman–Crippen MR) is 84.5 cm³/mol. The zero-order valence-electron chi connectivity index (χ0n) is 13.2. The van der Waals surface area contributed by atoms with Gasteiger partial charge in [-0.2, -0.15) is 0 Å². The second kappa shape index (κ2) is 5.71. The van der Waals surface area contributed by atoms with Crippen molar-refractivity contribution in [1.82, 2.24) is 0 Å². The summed E-state index contributed by atoms with van der Waals surface area (Å²) >= 11 is 0. The number of hydrogen-bond donors (Lipinski definition) is 0. The molecular weight excluding hydrogens is 276 g/mol. The minimum atomic E-state index is -0.639. The van der Waals surface area contributed by atoms with Crippen LogP contribution in [0.5, 0.6) is 0 Å². The van der Waals surface area contributed by atoms with Crippen molar-refractivity contribution in [3.05, 3.63) is 47.0 Å². The Morgan fingerprint density at radius 3 is 2.68 bits per heavy atom. The lowest BCUT2D eigenvalue weighted by molar-refractivity contribution is -0.127. The van der Waals surface area contributed by atoms with Crippen molar-refractivity contribution >= 4 is 11.8 Å². The molecule has 2 aliphatic rings. The normalized spacial score (nSPS) is 28.3. The largest absolute Gasteiger partial charge is 0.450 e. The van der Waals surface area contributed by atoms with Crippen molar-refractivity contribution in [2.45, 2.75) is 52.1 Å². The Bertz CT molecular complexity index is 629. The fraction of sp³-hybridized carbons (Fsp3) is 0.474. The van der Waals surface area contributed by atoms with Gasteiger partial charge in [-0.3, -0.25) is 4.79 Å². The standard InChI is InChI=1S/C19H22O3/c1-13-15-10-6-7-11-19(15,2)12-16(17(13)20)22-18(21)14-8-4-3-5-9-14/h3-5,8-9,16H,6-7,10-12H2,1-2H3. The fourth-order valence-corrected chi connectivity index (χ4v) is 3.89. The van der Waals surface area contributed by atoms with E-state index >= 15 is 0 Å². The van der Waals surface area contributed by atoms with Crippen LogP contribution in [0.25, 0.3) is 0 Å². The summed E-state index contributed by atoms with van der Waals surface area (Å²) in [5.74, 6) is -0.423. The molecule has 22 heavy (non-hydrogen) atoms. The van der Waals surface area contributed by atoms with Gasteiger partial charge in [0.25, 0.3) is 0 Å². The molecule has 2 atom stereocenters. The number of allylic oxidation sites excluding steroid dienone is 1. The Balaban J connectivity index is 1.82. The molecule has 0 N–H and O–H groups in total. The lowest BCUT2D eigenvalue weighted by Crippen LogP contribution is -2.41. The quantitative estimate of drug-likeness (QED) is 0.773. The third kappa shape index (κ3) is 2.60. The lowest BCUT2D eigenvalue weighted by Gasteiger charge is -2.43. The van der Waals surface area contributed by atoms with Gasteiger partial charge in [0.1, 0.15) is 0 Å². The summed E-state index contributed by atoms with van der Waals surface area (Å²) in [5, 5.41) is 0. The van der Waals surface area contributed by atoms with E-state index in [-0.39, 0.29) is 11.2 Å². The van der Waals surface area contributed by atoms with Crippen LogP contribution >= 0.6 is 0 Å². The van der Waals surface area contributed by atoms with Gasteiger partial charge in [0.05, 0.1) is 5.56 Å². The first-order valence-electron chi connectivity index (χ1n) is 8.02. The molecule has 1 fully saturated rings. The summed E-state index contributed by atoms with van der Waals surface area (Å²) in [7, 11) is 0. The highest BCUT2D eigenvalue weighted by molar-refractivity contribution is 6.02. The average Bonchev–Trinajstić information content (AvgIpc) is 2.53. The number of fused-ring (bicyclic) bond motifs is 1. The van der Waals surface area contributed by atoms with Gasteiger partial charge < -0.3 is 4.74 Å². The molecule has 3 nitrogen and oxygen atoms in total. The number of carbonyl (C=O) groups is 2. The van der Waals surface area contributed by atoms with Gasteiger partial charge in [0.2, 0.25) is 0 Å². The maximum Gasteiger partial charge on any atom is 0.338 e. The van der Waals surface area contributed by atoms with E-state index in [0.29, 0.717) is 12.0 Å². The molecule has 3 heteroatoms. The van der Waals surface area contributed by atoms with Crippen LogP contribution in [0, 0.1) is 5.41 Å². The smallest absolute Gasteiger partial charge is 0.338 e. The van der Waals surface area contributed by atoms with Gasteiger partial charge in [0.15, 0.2) is 11.9 Å². The second-order valence-electron chi connectivity index (χ2n) is 6.70. The molecule has 0 bridgehead atoms. The third-order valence-electron chi connectivity index (χ3n) is 5.14. The molecule has 0 aliphatic heterocycles. The van der Waals surface area contributed by atoms with Crippen LogP contribution in [-0.4, -0.2) is 17.9 Å². The summed E-state index contributed by atoms with van der Waals surface area (Å²) in [5.41, 5.74) is 2.62. The van der Waals surface area contributed by atoms with E-state index in [1.165, 1.54) is 12.0 Å². The number of esters is 1. The first kappa shape index (κ1) is 15.0. The molecule has 1 aromatic rings. The SMILES string of the molecule is CC1=C2CCCCC2(C)CC(OC(=O)c2ccccc2)C1=O. The van der Waals surface area contributed by atoms with Crippen LogP contribution in [0.4, 0.5) is 0 Å². The molecule has 1 saturated carbocycles. The van der Waals surface area contributed by atoms with E-state index in [2.05, 4.69) is 6.92 Å². The first-order chi connectivity index (χ1) is 10.5. The zero-order valence-corrected chi connectivity index (χ0v) is 13.2. The highest BCUT2D eigenvalue weighted by atomic mass is 16.5. The van der Waals surface area contributed by atoms with Crippen LogP contribution in [-0.2, 0) is 9.53 Å². The minimum absolute atomic E-state index is 0.0118. The molecule has 116 valence electrons. The molecule has 0 heterocycles. The lowest BCUT2D eigenvalue weighted by atomic mass is 9.63. The highest BCUT2D eigenvalue weighted by Crippen LogP contribution is 2.49. The summed E-state index contributed by atoms with van der Waals surface area (Å²) in [6.45, 7) is 4.10. The van der Waals surface area contributed by atoms with Crippen molar-refractivity contribution < 1.29 is 14.3 Å². The molecule has 2 aliphatic carbocycles. The fourth-order valence-electron chi connectivity index (χ4n) is 3.89. The van der Waals surface area contributed by atoms with Crippen LogP contribution in [0.15, 0.2) is 41.5 Å². The van der Waals surface area contributed by atoms with E-state index in [9.17, 15) is 9.59 Å². The van der Waals surface area contributed by atoms with Crippen LogP contribution < -0.4 is 0 Å². The van der Waals surface area contributed by atoms with Gasteiger partial charge >= 0.3 is 5.97 Å². The highest BCUT2D eigenvalue weighted by Gasteiger charge is 2.44. The molecule has 0 spiro atoms. The number of ketones is 1. The molecule has 3 rings (SSSR count). The molecule has 0 aromatic heterocycles. The molecule has 0 amide bonds. The number of benzene rings is 1. The maximum absolute atomic E-state index is 12.6. The van der Waals surface area contributed by atoms with E-state index in [1.807, 2.05) is 13.0 Å². The van der Waals surface area contributed by atoms with Gasteiger partial charge in [-0.15, -0.1) is 0 Å². The Morgan fingerprint density at radius 1 is 1.23 bits per heavy atom. The van der Waals surface area contributed by atoms with Crippen molar-refractivity contribution in [2.75, 3.05) is 0 Å². The van der Waals surface area contributed by atoms with Gasteiger partial charge in [-0.1, -0.05) is 37.1 Å². The Labute approximate surface area is 131 Å². The number of ether oxygens (including phenoxy) is 1. The van der Waals surface area contributed by atoms with Crippen molar-refractivity contribution in [1.29, 1.82) is 0 Å². The van der Waals surface area contributed by atoms with Crippen molar-refractivity contribution in [3.8, 4) is 0 Å². The molecular formula is C19H22O3. The second-order valence-corrected chi connectivity index (χ2v) is 6.70. The van der Waals surface area contributed by atoms with E-state index in [0.717, 1.165) is 24.8 Å². The molecule has 0 radical (unpaired) electrons. The van der Waals surface area contributed by atoms with Crippen LogP contribution in [0.3, 0.4) is 0 Å². The van der Waals surface area contributed by atoms with Crippen molar-refractivity contribution in [3.63, 3.8) is 0 Å². The number of Topliss-reactive ketones (excluding diaryl/α,β-unsaturated/α-hetero) is 1. The third-order valence-corrected chi connectivity index (χ3v) is 5.14. The molecule has 2 unspecified atom stereocenters. The number of carbonyl (C=O) groups excluding carboxylic acids is 2. The van der Waals surface area contributed by atoms with E-state index in [4.69, 9.17) is 4.74 Å². The summed E-state index contributed by atoms with van der Waals surface area (Å²) in [6, 6.07) is 8.87. The van der Waals surface area contributed by atoms with Gasteiger partial charge in [0, 0.05) is 6.42 Å². The monoisotopic (exact) mass is 298 g/mol. The van der Waals surface area contributed by atoms with Crippen LogP contribution in [0.2, 0.25) is 0 Å². The number of hydrogen-bond acceptors (Lipinski definition) is 3.